The van der Waals surface area contributed by atoms with E-state index >= 15 is 0 Å². The molecule has 1 aliphatic heterocycles. The summed E-state index contributed by atoms with van der Waals surface area (Å²) in [5, 5.41) is 3.56. The molecule has 0 amide bonds. The predicted molar refractivity (Wildman–Crippen MR) is 77.8 cm³/mol. The molecule has 0 aliphatic carbocycles. The van der Waals surface area contributed by atoms with Crippen molar-refractivity contribution in [2.45, 2.75) is 45.6 Å². The van der Waals surface area contributed by atoms with Crippen LogP contribution in [0.3, 0.4) is 0 Å². The van der Waals surface area contributed by atoms with Crippen molar-refractivity contribution >= 4 is 5.82 Å². The van der Waals surface area contributed by atoms with Crippen molar-refractivity contribution < 1.29 is 0 Å². The van der Waals surface area contributed by atoms with Gasteiger partial charge in [0.2, 0.25) is 0 Å². The van der Waals surface area contributed by atoms with Crippen molar-refractivity contribution in [2.75, 3.05) is 24.5 Å². The van der Waals surface area contributed by atoms with Gasteiger partial charge in [-0.05, 0) is 25.8 Å². The van der Waals surface area contributed by atoms with E-state index < -0.39 is 0 Å². The molecule has 0 radical (unpaired) electrons. The molecule has 0 atom stereocenters. The number of H-pyrrole nitrogens is 1. The topological polar surface area (TPSA) is 61.0 Å². The van der Waals surface area contributed by atoms with Crippen LogP contribution in [0, 0.1) is 0 Å². The van der Waals surface area contributed by atoms with E-state index in [2.05, 4.69) is 27.1 Å². The molecule has 1 aliphatic rings. The summed E-state index contributed by atoms with van der Waals surface area (Å²) in [7, 11) is 0. The Morgan fingerprint density at radius 3 is 2.79 bits per heavy atom. The van der Waals surface area contributed by atoms with Gasteiger partial charge in [0.25, 0.3) is 5.56 Å². The van der Waals surface area contributed by atoms with Gasteiger partial charge < -0.3 is 15.2 Å². The standard InChI is InChI=1S/C14H24N4O/c1-3-7-15-11-5-8-18(9-6-11)13-10-14(19)17-12(4-2)16-13/h10-11,15H,3-9H2,1-2H3,(H,16,17,19). The number of rotatable bonds is 5. The van der Waals surface area contributed by atoms with Crippen molar-refractivity contribution in [3.05, 3.63) is 22.2 Å². The van der Waals surface area contributed by atoms with Crippen LogP contribution in [0.2, 0.25) is 0 Å². The van der Waals surface area contributed by atoms with Gasteiger partial charge in [-0.3, -0.25) is 4.79 Å². The van der Waals surface area contributed by atoms with E-state index in [0.717, 1.165) is 50.5 Å². The lowest BCUT2D eigenvalue weighted by atomic mass is 10.1. The molecule has 0 unspecified atom stereocenters. The summed E-state index contributed by atoms with van der Waals surface area (Å²) in [6.45, 7) is 7.23. The zero-order valence-corrected chi connectivity index (χ0v) is 11.9. The van der Waals surface area contributed by atoms with Crippen LogP contribution in [-0.2, 0) is 6.42 Å². The summed E-state index contributed by atoms with van der Waals surface area (Å²) >= 11 is 0. The highest BCUT2D eigenvalue weighted by molar-refractivity contribution is 5.38. The molecule has 106 valence electrons. The second kappa shape index (κ2) is 6.70. The van der Waals surface area contributed by atoms with Gasteiger partial charge in [0.1, 0.15) is 11.6 Å². The average Bonchev–Trinajstić information content (AvgIpc) is 2.45. The largest absolute Gasteiger partial charge is 0.356 e. The van der Waals surface area contributed by atoms with E-state index in [1.54, 1.807) is 6.07 Å². The first-order chi connectivity index (χ1) is 9.22. The lowest BCUT2D eigenvalue weighted by Crippen LogP contribution is -2.43. The summed E-state index contributed by atoms with van der Waals surface area (Å²) in [5.41, 5.74) is -0.0481. The number of hydrogen-bond acceptors (Lipinski definition) is 4. The maximum Gasteiger partial charge on any atom is 0.252 e. The molecule has 0 spiro atoms. The van der Waals surface area contributed by atoms with E-state index in [1.165, 1.54) is 6.42 Å². The van der Waals surface area contributed by atoms with Crippen LogP contribution in [0.5, 0.6) is 0 Å². The van der Waals surface area contributed by atoms with Crippen molar-refractivity contribution in [3.63, 3.8) is 0 Å². The first-order valence-electron chi connectivity index (χ1n) is 7.31. The number of aromatic nitrogens is 2. The first kappa shape index (κ1) is 14.1. The fraction of sp³-hybridized carbons (Fsp3) is 0.714. The number of anilines is 1. The van der Waals surface area contributed by atoms with Gasteiger partial charge in [0.15, 0.2) is 0 Å². The molecule has 2 N–H and O–H groups in total. The maximum absolute atomic E-state index is 11.6. The van der Waals surface area contributed by atoms with E-state index in [0.29, 0.717) is 6.04 Å². The summed E-state index contributed by atoms with van der Waals surface area (Å²) in [6, 6.07) is 2.22. The Morgan fingerprint density at radius 1 is 1.42 bits per heavy atom. The summed E-state index contributed by atoms with van der Waals surface area (Å²) in [5.74, 6) is 1.60. The fourth-order valence-electron chi connectivity index (χ4n) is 2.48. The lowest BCUT2D eigenvalue weighted by molar-refractivity contribution is 0.414. The van der Waals surface area contributed by atoms with Crippen LogP contribution in [0.4, 0.5) is 5.82 Å². The monoisotopic (exact) mass is 264 g/mol. The minimum Gasteiger partial charge on any atom is -0.356 e. The van der Waals surface area contributed by atoms with Crippen molar-refractivity contribution in [1.82, 2.24) is 15.3 Å². The Hall–Kier alpha value is -1.36. The predicted octanol–water partition coefficient (Wildman–Crippen LogP) is 1.30. The van der Waals surface area contributed by atoms with Gasteiger partial charge in [-0.1, -0.05) is 13.8 Å². The third-order valence-corrected chi connectivity index (χ3v) is 3.61. The van der Waals surface area contributed by atoms with Crippen LogP contribution in [0.25, 0.3) is 0 Å². The smallest absolute Gasteiger partial charge is 0.252 e. The Balaban J connectivity index is 1.97. The molecule has 1 aromatic rings. The highest BCUT2D eigenvalue weighted by Crippen LogP contribution is 2.16. The van der Waals surface area contributed by atoms with E-state index in [4.69, 9.17) is 0 Å². The molecular formula is C14H24N4O. The summed E-state index contributed by atoms with van der Waals surface area (Å²) in [6.07, 6.45) is 4.18. The molecule has 5 nitrogen and oxygen atoms in total. The SMILES string of the molecule is CCCNC1CCN(c2cc(=O)[nH]c(CC)n2)CC1. The van der Waals surface area contributed by atoms with Crippen molar-refractivity contribution in [3.8, 4) is 0 Å². The van der Waals surface area contributed by atoms with Gasteiger partial charge in [-0.2, -0.15) is 0 Å². The Kier molecular flexibility index (Phi) is 4.96. The maximum atomic E-state index is 11.6. The number of piperidine rings is 1. The highest BCUT2D eigenvalue weighted by atomic mass is 16.1. The second-order valence-corrected chi connectivity index (χ2v) is 5.12. The Morgan fingerprint density at radius 2 is 2.16 bits per heavy atom. The zero-order chi connectivity index (χ0) is 13.7. The van der Waals surface area contributed by atoms with Crippen LogP contribution in [-0.4, -0.2) is 35.6 Å². The molecule has 2 heterocycles. The van der Waals surface area contributed by atoms with Gasteiger partial charge in [0, 0.05) is 31.6 Å². The molecule has 0 bridgehead atoms. The van der Waals surface area contributed by atoms with E-state index in [-0.39, 0.29) is 5.56 Å². The molecular weight excluding hydrogens is 240 g/mol. The third-order valence-electron chi connectivity index (χ3n) is 3.61. The van der Waals surface area contributed by atoms with Gasteiger partial charge >= 0.3 is 0 Å². The van der Waals surface area contributed by atoms with E-state index in [1.807, 2.05) is 6.92 Å². The quantitative estimate of drug-likeness (QED) is 0.841. The zero-order valence-electron chi connectivity index (χ0n) is 11.9. The fourth-order valence-corrected chi connectivity index (χ4v) is 2.48. The Labute approximate surface area is 114 Å². The Bertz CT molecular complexity index is 449. The highest BCUT2D eigenvalue weighted by Gasteiger charge is 2.20. The molecule has 1 fully saturated rings. The average molecular weight is 264 g/mol. The van der Waals surface area contributed by atoms with Gasteiger partial charge in [0.05, 0.1) is 0 Å². The molecule has 2 rings (SSSR count). The number of nitrogens with zero attached hydrogens (tertiary/aromatic N) is 2. The summed E-state index contributed by atoms with van der Waals surface area (Å²) < 4.78 is 0. The second-order valence-electron chi connectivity index (χ2n) is 5.12. The molecule has 19 heavy (non-hydrogen) atoms. The molecule has 0 saturated carbocycles. The van der Waals surface area contributed by atoms with Gasteiger partial charge in [-0.15, -0.1) is 0 Å². The van der Waals surface area contributed by atoms with Gasteiger partial charge in [-0.25, -0.2) is 4.98 Å². The minimum absolute atomic E-state index is 0.0481. The molecule has 1 aromatic heterocycles. The molecule has 0 aromatic carbocycles. The minimum atomic E-state index is -0.0481. The number of nitrogens with one attached hydrogen (secondary N) is 2. The van der Waals surface area contributed by atoms with Crippen molar-refractivity contribution in [2.24, 2.45) is 0 Å². The van der Waals surface area contributed by atoms with Crippen LogP contribution >= 0.6 is 0 Å². The molecule has 1 saturated heterocycles. The van der Waals surface area contributed by atoms with Crippen molar-refractivity contribution in [1.29, 1.82) is 0 Å². The van der Waals surface area contributed by atoms with Crippen LogP contribution in [0.1, 0.15) is 38.9 Å². The summed E-state index contributed by atoms with van der Waals surface area (Å²) in [4.78, 5) is 21.1. The van der Waals surface area contributed by atoms with E-state index in [9.17, 15) is 4.79 Å². The number of aromatic amines is 1. The lowest BCUT2D eigenvalue weighted by Gasteiger charge is -2.33. The third kappa shape index (κ3) is 3.80. The number of hydrogen-bond donors (Lipinski definition) is 2. The number of aryl methyl sites for hydroxylation is 1. The normalized spacial score (nSPS) is 16.8. The first-order valence-corrected chi connectivity index (χ1v) is 7.31. The molecule has 5 heteroatoms. The van der Waals surface area contributed by atoms with Crippen LogP contribution in [0.15, 0.2) is 10.9 Å². The van der Waals surface area contributed by atoms with Crippen LogP contribution < -0.4 is 15.8 Å².